The van der Waals surface area contributed by atoms with E-state index >= 15 is 0 Å². The van der Waals surface area contributed by atoms with E-state index in [4.69, 9.17) is 4.74 Å². The van der Waals surface area contributed by atoms with Gasteiger partial charge in [0.1, 0.15) is 12.3 Å². The molecule has 0 aliphatic heterocycles. The fraction of sp³-hybridized carbons (Fsp3) is 0.167. The first kappa shape index (κ1) is 15.7. The van der Waals surface area contributed by atoms with Gasteiger partial charge in [-0.2, -0.15) is 0 Å². The van der Waals surface area contributed by atoms with Crippen LogP contribution < -0.4 is 10.9 Å². The minimum absolute atomic E-state index is 0.0590. The number of aromatic nitrogens is 2. The van der Waals surface area contributed by atoms with Gasteiger partial charge in [-0.15, -0.1) is 0 Å². The van der Waals surface area contributed by atoms with Gasteiger partial charge in [-0.1, -0.05) is 18.2 Å². The molecule has 0 unspecified atom stereocenters. The Balaban J connectivity index is 1.82. The second-order valence-electron chi connectivity index (χ2n) is 5.39. The van der Waals surface area contributed by atoms with Gasteiger partial charge in [0.15, 0.2) is 0 Å². The zero-order chi connectivity index (χ0) is 17.1. The Morgan fingerprint density at radius 3 is 2.83 bits per heavy atom. The standard InChI is InChI=1S/C18H17N3O3/c1-12-7-8-16-20-13(9-17(22)21(16)10-12)11-24-18(23)14-5-3-4-6-15(14)19-2/h3-10,19H,11H2,1-2H3. The number of carbonyl (C=O) groups is 1. The Labute approximate surface area is 138 Å². The number of carbonyl (C=O) groups excluding carboxylic acids is 1. The van der Waals surface area contributed by atoms with E-state index in [9.17, 15) is 9.59 Å². The molecule has 3 rings (SSSR count). The number of hydrogen-bond acceptors (Lipinski definition) is 5. The highest BCUT2D eigenvalue weighted by atomic mass is 16.5. The summed E-state index contributed by atoms with van der Waals surface area (Å²) in [6.07, 6.45) is 1.73. The highest BCUT2D eigenvalue weighted by molar-refractivity contribution is 5.95. The molecule has 0 bridgehead atoms. The summed E-state index contributed by atoms with van der Waals surface area (Å²) in [5.74, 6) is -0.467. The Kier molecular flexibility index (Phi) is 4.29. The number of fused-ring (bicyclic) bond motifs is 1. The van der Waals surface area contributed by atoms with Gasteiger partial charge in [0.2, 0.25) is 0 Å². The second kappa shape index (κ2) is 6.54. The topological polar surface area (TPSA) is 72.7 Å². The molecule has 2 aromatic heterocycles. The minimum atomic E-state index is -0.467. The molecule has 0 fully saturated rings. The molecule has 0 atom stereocenters. The number of para-hydroxylation sites is 1. The number of nitrogens with one attached hydrogen (secondary N) is 1. The van der Waals surface area contributed by atoms with Gasteiger partial charge in [0.25, 0.3) is 5.56 Å². The van der Waals surface area contributed by atoms with Crippen LogP contribution in [0.1, 0.15) is 21.6 Å². The van der Waals surface area contributed by atoms with Crippen molar-refractivity contribution in [3.05, 3.63) is 75.8 Å². The van der Waals surface area contributed by atoms with Crippen molar-refractivity contribution in [1.82, 2.24) is 9.38 Å². The summed E-state index contributed by atoms with van der Waals surface area (Å²) in [7, 11) is 1.74. The predicted octanol–water partition coefficient (Wildman–Crippen LogP) is 2.40. The predicted molar refractivity (Wildman–Crippen MR) is 91.3 cm³/mol. The molecule has 3 aromatic rings. The van der Waals surface area contributed by atoms with E-state index in [-0.39, 0.29) is 12.2 Å². The smallest absolute Gasteiger partial charge is 0.340 e. The number of hydrogen-bond donors (Lipinski definition) is 1. The van der Waals surface area contributed by atoms with E-state index in [2.05, 4.69) is 10.3 Å². The number of anilines is 1. The van der Waals surface area contributed by atoms with E-state index in [1.165, 1.54) is 10.5 Å². The van der Waals surface area contributed by atoms with Crippen LogP contribution in [0.3, 0.4) is 0 Å². The molecule has 0 radical (unpaired) electrons. The molecule has 0 aliphatic rings. The highest BCUT2D eigenvalue weighted by Gasteiger charge is 2.12. The number of aryl methyl sites for hydroxylation is 1. The molecule has 0 spiro atoms. The molecule has 1 aromatic carbocycles. The molecule has 0 saturated carbocycles. The van der Waals surface area contributed by atoms with E-state index < -0.39 is 5.97 Å². The van der Waals surface area contributed by atoms with Crippen molar-refractivity contribution < 1.29 is 9.53 Å². The first-order valence-electron chi connectivity index (χ1n) is 7.51. The van der Waals surface area contributed by atoms with Gasteiger partial charge in [0, 0.05) is 25.0 Å². The van der Waals surface area contributed by atoms with Gasteiger partial charge in [-0.05, 0) is 30.7 Å². The maximum atomic E-state index is 12.2. The number of ether oxygens (including phenoxy) is 1. The van der Waals surface area contributed by atoms with Gasteiger partial charge >= 0.3 is 5.97 Å². The normalized spacial score (nSPS) is 10.6. The van der Waals surface area contributed by atoms with Crippen LogP contribution in [0.2, 0.25) is 0 Å². The fourth-order valence-electron chi connectivity index (χ4n) is 2.43. The van der Waals surface area contributed by atoms with Crippen molar-refractivity contribution in [3.8, 4) is 0 Å². The van der Waals surface area contributed by atoms with Crippen LogP contribution in [0.5, 0.6) is 0 Å². The summed E-state index contributed by atoms with van der Waals surface area (Å²) >= 11 is 0. The van der Waals surface area contributed by atoms with E-state index in [1.807, 2.05) is 19.1 Å². The SMILES string of the molecule is CNc1ccccc1C(=O)OCc1cc(=O)n2cc(C)ccc2n1. The van der Waals surface area contributed by atoms with Crippen molar-refractivity contribution in [2.75, 3.05) is 12.4 Å². The Hall–Kier alpha value is -3.15. The molecule has 6 nitrogen and oxygen atoms in total. The van der Waals surface area contributed by atoms with Crippen molar-refractivity contribution in [2.24, 2.45) is 0 Å². The third-order valence-electron chi connectivity index (χ3n) is 3.63. The van der Waals surface area contributed by atoms with Gasteiger partial charge in [0.05, 0.1) is 11.3 Å². The van der Waals surface area contributed by atoms with Crippen LogP contribution in [-0.4, -0.2) is 22.4 Å². The number of rotatable bonds is 4. The highest BCUT2D eigenvalue weighted by Crippen LogP contribution is 2.16. The Morgan fingerprint density at radius 1 is 1.25 bits per heavy atom. The third-order valence-corrected chi connectivity index (χ3v) is 3.63. The Morgan fingerprint density at radius 2 is 2.04 bits per heavy atom. The van der Waals surface area contributed by atoms with Crippen LogP contribution in [0.25, 0.3) is 5.65 Å². The fourth-order valence-corrected chi connectivity index (χ4v) is 2.43. The largest absolute Gasteiger partial charge is 0.456 e. The van der Waals surface area contributed by atoms with Crippen LogP contribution in [0.4, 0.5) is 5.69 Å². The first-order valence-corrected chi connectivity index (χ1v) is 7.51. The zero-order valence-electron chi connectivity index (χ0n) is 13.4. The average molecular weight is 323 g/mol. The first-order chi connectivity index (χ1) is 11.6. The van der Waals surface area contributed by atoms with Crippen LogP contribution in [0.15, 0.2) is 53.5 Å². The second-order valence-corrected chi connectivity index (χ2v) is 5.39. The van der Waals surface area contributed by atoms with E-state index in [0.717, 1.165) is 5.56 Å². The number of pyridine rings is 1. The molecule has 0 aliphatic carbocycles. The van der Waals surface area contributed by atoms with Crippen LogP contribution in [-0.2, 0) is 11.3 Å². The Bertz CT molecular complexity index is 963. The monoisotopic (exact) mass is 323 g/mol. The zero-order valence-corrected chi connectivity index (χ0v) is 13.4. The summed E-state index contributed by atoms with van der Waals surface area (Å²) in [4.78, 5) is 28.7. The molecular formula is C18H17N3O3. The number of nitrogens with zero attached hydrogens (tertiary/aromatic N) is 2. The molecule has 1 N–H and O–H groups in total. The molecule has 0 saturated heterocycles. The lowest BCUT2D eigenvalue weighted by Crippen LogP contribution is -2.17. The van der Waals surface area contributed by atoms with Crippen molar-refractivity contribution >= 4 is 17.3 Å². The van der Waals surface area contributed by atoms with Gasteiger partial charge in [-0.25, -0.2) is 9.78 Å². The van der Waals surface area contributed by atoms with Gasteiger partial charge < -0.3 is 10.1 Å². The molecule has 2 heterocycles. The summed E-state index contributed by atoms with van der Waals surface area (Å²) in [6.45, 7) is 1.84. The summed E-state index contributed by atoms with van der Waals surface area (Å²) < 4.78 is 6.76. The summed E-state index contributed by atoms with van der Waals surface area (Å²) in [6, 6.07) is 12.1. The van der Waals surface area contributed by atoms with Crippen LogP contribution >= 0.6 is 0 Å². The van der Waals surface area contributed by atoms with Crippen molar-refractivity contribution in [1.29, 1.82) is 0 Å². The van der Waals surface area contributed by atoms with E-state index in [1.54, 1.807) is 37.5 Å². The lowest BCUT2D eigenvalue weighted by Gasteiger charge is -2.09. The quantitative estimate of drug-likeness (QED) is 0.747. The van der Waals surface area contributed by atoms with Crippen molar-refractivity contribution in [2.45, 2.75) is 13.5 Å². The number of esters is 1. The maximum absolute atomic E-state index is 12.2. The third kappa shape index (κ3) is 3.12. The van der Waals surface area contributed by atoms with E-state index in [0.29, 0.717) is 22.6 Å². The summed E-state index contributed by atoms with van der Waals surface area (Å²) in [5.41, 5.74) is 2.83. The molecule has 122 valence electrons. The molecule has 24 heavy (non-hydrogen) atoms. The van der Waals surface area contributed by atoms with Crippen molar-refractivity contribution in [3.63, 3.8) is 0 Å². The molecule has 0 amide bonds. The molecular weight excluding hydrogens is 306 g/mol. The average Bonchev–Trinajstić information content (AvgIpc) is 2.60. The maximum Gasteiger partial charge on any atom is 0.340 e. The lowest BCUT2D eigenvalue weighted by atomic mass is 10.2. The number of benzene rings is 1. The lowest BCUT2D eigenvalue weighted by molar-refractivity contribution is 0.0469. The minimum Gasteiger partial charge on any atom is -0.456 e. The summed E-state index contributed by atoms with van der Waals surface area (Å²) in [5, 5.41) is 2.94. The van der Waals surface area contributed by atoms with Crippen LogP contribution in [0, 0.1) is 6.92 Å². The van der Waals surface area contributed by atoms with Gasteiger partial charge in [-0.3, -0.25) is 9.20 Å². The molecule has 6 heteroatoms.